The van der Waals surface area contributed by atoms with Crippen LogP contribution in [0.2, 0.25) is 0 Å². The van der Waals surface area contributed by atoms with Gasteiger partial charge in [0.15, 0.2) is 0 Å². The quantitative estimate of drug-likeness (QED) is 0.674. The molecule has 1 N–H and O–H groups in total. The predicted molar refractivity (Wildman–Crippen MR) is 103 cm³/mol. The number of hydrogen-bond donors (Lipinski definition) is 1. The third-order valence-corrected chi connectivity index (χ3v) is 4.30. The molecule has 2 aromatic carbocycles. The summed E-state index contributed by atoms with van der Waals surface area (Å²) in [6.07, 6.45) is 0. The molecule has 0 fully saturated rings. The largest absolute Gasteiger partial charge is 0.324 e. The van der Waals surface area contributed by atoms with E-state index in [1.54, 1.807) is 24.3 Å². The molecule has 3 rings (SSSR count). The van der Waals surface area contributed by atoms with E-state index < -0.39 is 5.92 Å². The molecule has 0 bridgehead atoms. The zero-order valence-corrected chi connectivity index (χ0v) is 15.5. The molecule has 26 heavy (non-hydrogen) atoms. The third kappa shape index (κ3) is 4.05. The zero-order valence-electron chi connectivity index (χ0n) is 13.9. The van der Waals surface area contributed by atoms with E-state index in [1.807, 2.05) is 37.3 Å². The number of rotatable bonds is 4. The lowest BCUT2D eigenvalue weighted by atomic mass is 9.97. The van der Waals surface area contributed by atoms with Gasteiger partial charge in [0.25, 0.3) is 0 Å². The van der Waals surface area contributed by atoms with Gasteiger partial charge in [-0.3, -0.25) is 0 Å². The monoisotopic (exact) mass is 403 g/mol. The molecule has 1 aromatic heterocycles. The Kier molecular flexibility index (Phi) is 5.26. The fraction of sp³-hybridized carbons (Fsp3) is 0.100. The molecule has 1 unspecified atom stereocenters. The molecular formula is C20H14BrN5. The number of aromatic nitrogens is 2. The minimum atomic E-state index is -0.480. The maximum atomic E-state index is 9.66. The molecule has 0 radical (unpaired) electrons. The number of nitrogens with one attached hydrogen (secondary N) is 1. The summed E-state index contributed by atoms with van der Waals surface area (Å²) in [5.74, 6) is -0.0617. The van der Waals surface area contributed by atoms with Crippen LogP contribution in [0.1, 0.15) is 28.4 Å². The van der Waals surface area contributed by atoms with E-state index >= 15 is 0 Å². The first kappa shape index (κ1) is 17.6. The second kappa shape index (κ2) is 7.77. The number of aryl methyl sites for hydroxylation is 1. The van der Waals surface area contributed by atoms with Crippen molar-refractivity contribution in [3.8, 4) is 12.1 Å². The first-order chi connectivity index (χ1) is 12.6. The van der Waals surface area contributed by atoms with Gasteiger partial charge in [-0.25, -0.2) is 9.97 Å². The van der Waals surface area contributed by atoms with Crippen molar-refractivity contribution in [2.24, 2.45) is 0 Å². The molecule has 3 aromatic rings. The molecule has 0 aliphatic rings. The third-order valence-electron chi connectivity index (χ3n) is 3.77. The summed E-state index contributed by atoms with van der Waals surface area (Å²) in [4.78, 5) is 8.91. The molecule has 0 spiro atoms. The second-order valence-corrected chi connectivity index (χ2v) is 6.60. The van der Waals surface area contributed by atoms with Gasteiger partial charge in [0.1, 0.15) is 5.92 Å². The number of nitriles is 2. The number of anilines is 2. The SMILES string of the molecule is Cc1cc(C(C#N)c2ccc(Br)cc2)nc(Nc2ccc(C#N)cc2)n1. The van der Waals surface area contributed by atoms with Crippen LogP contribution in [0.15, 0.2) is 59.1 Å². The summed E-state index contributed by atoms with van der Waals surface area (Å²) in [6, 6.07) is 20.9. The van der Waals surface area contributed by atoms with E-state index in [1.165, 1.54) is 0 Å². The molecule has 5 nitrogen and oxygen atoms in total. The van der Waals surface area contributed by atoms with Gasteiger partial charge in [0.05, 0.1) is 23.4 Å². The average Bonchev–Trinajstić information content (AvgIpc) is 2.64. The van der Waals surface area contributed by atoms with Gasteiger partial charge in [-0.2, -0.15) is 10.5 Å². The van der Waals surface area contributed by atoms with E-state index in [4.69, 9.17) is 5.26 Å². The lowest BCUT2D eigenvalue weighted by Gasteiger charge is -2.12. The van der Waals surface area contributed by atoms with Crippen LogP contribution in [0.3, 0.4) is 0 Å². The van der Waals surface area contributed by atoms with Gasteiger partial charge in [0.2, 0.25) is 5.95 Å². The lowest BCUT2D eigenvalue weighted by Crippen LogP contribution is -2.06. The molecule has 0 aliphatic carbocycles. The molecule has 6 heteroatoms. The van der Waals surface area contributed by atoms with E-state index in [0.29, 0.717) is 17.2 Å². The van der Waals surface area contributed by atoms with E-state index in [2.05, 4.69) is 43.4 Å². The second-order valence-electron chi connectivity index (χ2n) is 5.69. The van der Waals surface area contributed by atoms with Crippen molar-refractivity contribution in [2.45, 2.75) is 12.8 Å². The highest BCUT2D eigenvalue weighted by Gasteiger charge is 2.17. The van der Waals surface area contributed by atoms with Crippen LogP contribution in [-0.4, -0.2) is 9.97 Å². The van der Waals surface area contributed by atoms with Crippen molar-refractivity contribution in [3.63, 3.8) is 0 Å². The van der Waals surface area contributed by atoms with Crippen molar-refractivity contribution in [1.82, 2.24) is 9.97 Å². The first-order valence-corrected chi connectivity index (χ1v) is 8.66. The highest BCUT2D eigenvalue weighted by molar-refractivity contribution is 9.10. The topological polar surface area (TPSA) is 85.4 Å². The number of benzene rings is 2. The van der Waals surface area contributed by atoms with Crippen molar-refractivity contribution in [3.05, 3.63) is 81.6 Å². The van der Waals surface area contributed by atoms with Gasteiger partial charge < -0.3 is 5.32 Å². The van der Waals surface area contributed by atoms with Gasteiger partial charge in [-0.15, -0.1) is 0 Å². The summed E-state index contributed by atoms with van der Waals surface area (Å²) in [5, 5.41) is 21.7. The Morgan fingerprint density at radius 3 is 2.31 bits per heavy atom. The summed E-state index contributed by atoms with van der Waals surface area (Å²) in [7, 11) is 0. The maximum Gasteiger partial charge on any atom is 0.227 e. The number of halogens is 1. The molecule has 0 saturated heterocycles. The minimum absolute atomic E-state index is 0.419. The highest BCUT2D eigenvalue weighted by Crippen LogP contribution is 2.26. The fourth-order valence-electron chi connectivity index (χ4n) is 2.52. The predicted octanol–water partition coefficient (Wildman–Crippen LogP) is 4.82. The van der Waals surface area contributed by atoms with Crippen LogP contribution >= 0.6 is 15.9 Å². The Morgan fingerprint density at radius 2 is 1.69 bits per heavy atom. The van der Waals surface area contributed by atoms with Crippen LogP contribution in [0.4, 0.5) is 11.6 Å². The molecule has 126 valence electrons. The van der Waals surface area contributed by atoms with E-state index in [9.17, 15) is 5.26 Å². The Hall–Kier alpha value is -3.22. The highest BCUT2D eigenvalue weighted by atomic mass is 79.9. The van der Waals surface area contributed by atoms with Crippen molar-refractivity contribution < 1.29 is 0 Å². The summed E-state index contributed by atoms with van der Waals surface area (Å²) >= 11 is 3.40. The maximum absolute atomic E-state index is 9.66. The molecule has 0 amide bonds. The number of hydrogen-bond acceptors (Lipinski definition) is 5. The Labute approximate surface area is 160 Å². The van der Waals surface area contributed by atoms with Crippen molar-refractivity contribution in [1.29, 1.82) is 10.5 Å². The zero-order chi connectivity index (χ0) is 18.5. The Morgan fingerprint density at radius 1 is 1.00 bits per heavy atom. The van der Waals surface area contributed by atoms with Crippen LogP contribution in [-0.2, 0) is 0 Å². The first-order valence-electron chi connectivity index (χ1n) is 7.87. The van der Waals surface area contributed by atoms with Gasteiger partial charge in [-0.05, 0) is 55.0 Å². The van der Waals surface area contributed by atoms with Crippen LogP contribution in [0.25, 0.3) is 0 Å². The van der Waals surface area contributed by atoms with Gasteiger partial charge in [0, 0.05) is 15.9 Å². The molecular weight excluding hydrogens is 390 g/mol. The van der Waals surface area contributed by atoms with Crippen LogP contribution in [0.5, 0.6) is 0 Å². The molecule has 1 heterocycles. The molecule has 0 saturated carbocycles. The molecule has 0 aliphatic heterocycles. The molecule has 1 atom stereocenters. The van der Waals surface area contributed by atoms with E-state index in [0.717, 1.165) is 21.4 Å². The lowest BCUT2D eigenvalue weighted by molar-refractivity contribution is 0.934. The Balaban J connectivity index is 1.92. The summed E-state index contributed by atoms with van der Waals surface area (Å²) in [6.45, 7) is 1.87. The minimum Gasteiger partial charge on any atom is -0.324 e. The Bertz CT molecular complexity index is 998. The summed E-state index contributed by atoms with van der Waals surface area (Å²) in [5.41, 5.74) is 3.64. The van der Waals surface area contributed by atoms with Gasteiger partial charge in [-0.1, -0.05) is 28.1 Å². The standard InChI is InChI=1S/C20H14BrN5/c1-13-10-19(18(12-23)15-4-6-16(21)7-5-15)26-20(24-13)25-17-8-2-14(11-22)3-9-17/h2-10,18H,1H3,(H,24,25,26). The van der Waals surface area contributed by atoms with Crippen molar-refractivity contribution >= 4 is 27.6 Å². The number of nitrogens with zero attached hydrogens (tertiary/aromatic N) is 4. The fourth-order valence-corrected chi connectivity index (χ4v) is 2.78. The van der Waals surface area contributed by atoms with Gasteiger partial charge >= 0.3 is 0 Å². The summed E-state index contributed by atoms with van der Waals surface area (Å²) < 4.78 is 0.958. The van der Waals surface area contributed by atoms with Crippen LogP contribution in [0, 0.1) is 29.6 Å². The van der Waals surface area contributed by atoms with E-state index in [-0.39, 0.29) is 0 Å². The average molecular weight is 404 g/mol. The van der Waals surface area contributed by atoms with Crippen molar-refractivity contribution in [2.75, 3.05) is 5.32 Å². The normalized spacial score (nSPS) is 11.2. The smallest absolute Gasteiger partial charge is 0.227 e. The van der Waals surface area contributed by atoms with Crippen LogP contribution < -0.4 is 5.32 Å².